The Kier molecular flexibility index (Phi) is 1.12. The lowest BCUT2D eigenvalue weighted by Crippen LogP contribution is -2.06. The van der Waals surface area contributed by atoms with E-state index in [-0.39, 0.29) is 0 Å². The molecule has 0 aromatic heterocycles. The summed E-state index contributed by atoms with van der Waals surface area (Å²) in [6, 6.07) is 0. The molecule has 2 aliphatic rings. The lowest BCUT2D eigenvalue weighted by atomic mass is 9.94. The molecule has 2 rings (SSSR count). The van der Waals surface area contributed by atoms with Gasteiger partial charge in [0, 0.05) is 0 Å². The van der Waals surface area contributed by atoms with E-state index in [1.165, 1.54) is 12.8 Å². The quantitative estimate of drug-likeness (QED) is 0.383. The Bertz CT molecular complexity index is 140. The molecule has 1 heteroatoms. The van der Waals surface area contributed by atoms with E-state index in [4.69, 9.17) is 4.74 Å². The molecule has 50 valence electrons. The first-order valence-electron chi connectivity index (χ1n) is 3.74. The summed E-state index contributed by atoms with van der Waals surface area (Å²) in [6.07, 6.45) is 8.14. The van der Waals surface area contributed by atoms with Crippen LogP contribution in [-0.2, 0) is 4.74 Å². The number of ether oxygens (including phenoxy) is 1. The van der Waals surface area contributed by atoms with Gasteiger partial charge in [-0.15, -0.1) is 0 Å². The number of rotatable bonds is 1. The molecular formula is C8H12O. The van der Waals surface area contributed by atoms with Crippen LogP contribution in [0, 0.1) is 5.92 Å². The number of allylic oxidation sites excluding steroid dienone is 1. The van der Waals surface area contributed by atoms with E-state index in [0.29, 0.717) is 12.2 Å². The molecule has 3 atom stereocenters. The van der Waals surface area contributed by atoms with E-state index in [1.807, 2.05) is 0 Å². The first-order chi connectivity index (χ1) is 4.40. The second kappa shape index (κ2) is 1.84. The molecule has 1 aliphatic heterocycles. The van der Waals surface area contributed by atoms with Crippen LogP contribution in [-0.4, -0.2) is 12.2 Å². The first kappa shape index (κ1) is 5.48. The minimum absolute atomic E-state index is 0.507. The molecule has 0 aromatic carbocycles. The van der Waals surface area contributed by atoms with Crippen LogP contribution < -0.4 is 0 Å². The van der Waals surface area contributed by atoms with Crippen LogP contribution in [0.2, 0.25) is 0 Å². The Labute approximate surface area is 55.7 Å². The molecule has 0 saturated carbocycles. The zero-order chi connectivity index (χ0) is 6.27. The lowest BCUT2D eigenvalue weighted by Gasteiger charge is -2.09. The average molecular weight is 124 g/mol. The molecule has 1 fully saturated rings. The Hall–Kier alpha value is -0.300. The molecular weight excluding hydrogens is 112 g/mol. The molecule has 0 amide bonds. The van der Waals surface area contributed by atoms with Gasteiger partial charge in [-0.25, -0.2) is 0 Å². The minimum Gasteiger partial charge on any atom is -0.365 e. The smallest absolute Gasteiger partial charge is 0.102 e. The van der Waals surface area contributed by atoms with Crippen LogP contribution >= 0.6 is 0 Å². The summed E-state index contributed by atoms with van der Waals surface area (Å²) in [5.41, 5.74) is 0. The highest BCUT2D eigenvalue weighted by Gasteiger charge is 2.39. The highest BCUT2D eigenvalue weighted by molar-refractivity contribution is 5.10. The van der Waals surface area contributed by atoms with Gasteiger partial charge in [-0.05, 0) is 18.8 Å². The third-order valence-corrected chi connectivity index (χ3v) is 2.25. The van der Waals surface area contributed by atoms with Crippen molar-refractivity contribution in [1.29, 1.82) is 0 Å². The Morgan fingerprint density at radius 2 is 2.44 bits per heavy atom. The van der Waals surface area contributed by atoms with Gasteiger partial charge in [0.1, 0.15) is 6.10 Å². The largest absolute Gasteiger partial charge is 0.365 e. The predicted molar refractivity (Wildman–Crippen MR) is 36.2 cm³/mol. The number of epoxide rings is 1. The van der Waals surface area contributed by atoms with Crippen molar-refractivity contribution in [3.8, 4) is 0 Å². The standard InChI is InChI=1S/C8H12O/c1-2-6-3-4-7-8(5-6)9-7/h3-4,6-8H,2,5H2,1H3. The van der Waals surface area contributed by atoms with Gasteiger partial charge in [0.15, 0.2) is 0 Å². The molecule has 0 N–H and O–H groups in total. The van der Waals surface area contributed by atoms with Gasteiger partial charge < -0.3 is 4.74 Å². The Balaban J connectivity index is 2.00. The van der Waals surface area contributed by atoms with Crippen LogP contribution in [0.4, 0.5) is 0 Å². The molecule has 1 saturated heterocycles. The summed E-state index contributed by atoms with van der Waals surface area (Å²) in [7, 11) is 0. The zero-order valence-corrected chi connectivity index (χ0v) is 5.71. The third kappa shape index (κ3) is 0.897. The lowest BCUT2D eigenvalue weighted by molar-refractivity contribution is 0.366. The molecule has 3 unspecified atom stereocenters. The minimum atomic E-state index is 0.507. The molecule has 1 nitrogen and oxygen atoms in total. The van der Waals surface area contributed by atoms with E-state index in [2.05, 4.69) is 19.1 Å². The normalized spacial score (nSPS) is 46.6. The van der Waals surface area contributed by atoms with Gasteiger partial charge in [0.05, 0.1) is 6.10 Å². The summed E-state index contributed by atoms with van der Waals surface area (Å²) in [5.74, 6) is 0.800. The molecule has 1 aliphatic carbocycles. The fourth-order valence-corrected chi connectivity index (χ4v) is 1.46. The van der Waals surface area contributed by atoms with E-state index in [1.54, 1.807) is 0 Å². The van der Waals surface area contributed by atoms with Gasteiger partial charge in [0.2, 0.25) is 0 Å². The maximum atomic E-state index is 5.32. The number of fused-ring (bicyclic) bond motifs is 1. The molecule has 0 bridgehead atoms. The SMILES string of the molecule is CCC1C=CC2OC2C1. The van der Waals surface area contributed by atoms with Gasteiger partial charge >= 0.3 is 0 Å². The second-order valence-electron chi connectivity index (χ2n) is 2.93. The number of hydrogen-bond donors (Lipinski definition) is 0. The summed E-state index contributed by atoms with van der Waals surface area (Å²) in [5, 5.41) is 0. The van der Waals surface area contributed by atoms with Crippen molar-refractivity contribution in [3.63, 3.8) is 0 Å². The van der Waals surface area contributed by atoms with Crippen molar-refractivity contribution in [2.45, 2.75) is 32.0 Å². The predicted octanol–water partition coefficient (Wildman–Crippen LogP) is 1.74. The van der Waals surface area contributed by atoms with Crippen LogP contribution in [0.3, 0.4) is 0 Å². The second-order valence-corrected chi connectivity index (χ2v) is 2.93. The summed E-state index contributed by atoms with van der Waals surface area (Å²) in [6.45, 7) is 2.23. The molecule has 0 aromatic rings. The van der Waals surface area contributed by atoms with Crippen molar-refractivity contribution in [1.82, 2.24) is 0 Å². The Morgan fingerprint density at radius 1 is 1.56 bits per heavy atom. The van der Waals surface area contributed by atoms with E-state index < -0.39 is 0 Å². The van der Waals surface area contributed by atoms with E-state index >= 15 is 0 Å². The highest BCUT2D eigenvalue weighted by atomic mass is 16.6. The van der Waals surface area contributed by atoms with Crippen LogP contribution in [0.15, 0.2) is 12.2 Å². The van der Waals surface area contributed by atoms with Crippen molar-refractivity contribution < 1.29 is 4.74 Å². The molecule has 1 heterocycles. The van der Waals surface area contributed by atoms with Gasteiger partial charge in [-0.2, -0.15) is 0 Å². The van der Waals surface area contributed by atoms with E-state index in [0.717, 1.165) is 5.92 Å². The Morgan fingerprint density at radius 3 is 3.11 bits per heavy atom. The summed E-state index contributed by atoms with van der Waals surface area (Å²) in [4.78, 5) is 0. The van der Waals surface area contributed by atoms with Crippen molar-refractivity contribution in [2.24, 2.45) is 5.92 Å². The van der Waals surface area contributed by atoms with Crippen LogP contribution in [0.1, 0.15) is 19.8 Å². The highest BCUT2D eigenvalue weighted by Crippen LogP contribution is 2.35. The van der Waals surface area contributed by atoms with Crippen molar-refractivity contribution in [2.75, 3.05) is 0 Å². The maximum Gasteiger partial charge on any atom is 0.102 e. The maximum absolute atomic E-state index is 5.32. The van der Waals surface area contributed by atoms with Gasteiger partial charge in [-0.3, -0.25) is 0 Å². The fraction of sp³-hybridized carbons (Fsp3) is 0.750. The van der Waals surface area contributed by atoms with Crippen LogP contribution in [0.5, 0.6) is 0 Å². The number of hydrogen-bond acceptors (Lipinski definition) is 1. The van der Waals surface area contributed by atoms with Gasteiger partial charge in [0.25, 0.3) is 0 Å². The van der Waals surface area contributed by atoms with Crippen LogP contribution in [0.25, 0.3) is 0 Å². The van der Waals surface area contributed by atoms with Crippen molar-refractivity contribution in [3.05, 3.63) is 12.2 Å². The van der Waals surface area contributed by atoms with Gasteiger partial charge in [-0.1, -0.05) is 19.1 Å². The molecule has 9 heavy (non-hydrogen) atoms. The summed E-state index contributed by atoms with van der Waals surface area (Å²) < 4.78 is 5.32. The first-order valence-corrected chi connectivity index (χ1v) is 3.74. The fourth-order valence-electron chi connectivity index (χ4n) is 1.46. The third-order valence-electron chi connectivity index (χ3n) is 2.25. The summed E-state index contributed by atoms with van der Waals surface area (Å²) >= 11 is 0. The average Bonchev–Trinajstić information content (AvgIpc) is 2.64. The monoisotopic (exact) mass is 124 g/mol. The molecule has 0 spiro atoms. The molecule has 0 radical (unpaired) electrons. The zero-order valence-electron chi connectivity index (χ0n) is 5.71. The van der Waals surface area contributed by atoms with E-state index in [9.17, 15) is 0 Å². The topological polar surface area (TPSA) is 12.5 Å². The van der Waals surface area contributed by atoms with Crippen molar-refractivity contribution >= 4 is 0 Å².